The number of carbonyl (C=O) groups excluding carboxylic acids is 1. The number of thiophene rings is 1. The first-order valence-electron chi connectivity index (χ1n) is 7.97. The van der Waals surface area contributed by atoms with Gasteiger partial charge in [-0.25, -0.2) is 0 Å². The molecule has 1 aromatic carbocycles. The lowest BCUT2D eigenvalue weighted by atomic mass is 10.1. The van der Waals surface area contributed by atoms with Crippen LogP contribution in [0.25, 0.3) is 0 Å². The number of nitrogens with zero attached hydrogens (tertiary/aromatic N) is 1. The van der Waals surface area contributed by atoms with E-state index in [0.717, 1.165) is 30.6 Å². The van der Waals surface area contributed by atoms with E-state index in [9.17, 15) is 9.90 Å². The highest BCUT2D eigenvalue weighted by Crippen LogP contribution is 2.21. The Labute approximate surface area is 140 Å². The summed E-state index contributed by atoms with van der Waals surface area (Å²) in [7, 11) is 0. The van der Waals surface area contributed by atoms with Crippen molar-refractivity contribution in [3.63, 3.8) is 0 Å². The number of rotatable bonds is 6. The Morgan fingerprint density at radius 3 is 2.83 bits per heavy atom. The number of hydrogen-bond donors (Lipinski definition) is 2. The van der Waals surface area contributed by atoms with Crippen LogP contribution in [0.1, 0.15) is 23.7 Å². The van der Waals surface area contributed by atoms with Crippen molar-refractivity contribution in [1.29, 1.82) is 0 Å². The van der Waals surface area contributed by atoms with Crippen molar-refractivity contribution in [3.05, 3.63) is 58.3 Å². The predicted octanol–water partition coefficient (Wildman–Crippen LogP) is 2.42. The fourth-order valence-corrected chi connectivity index (χ4v) is 3.65. The van der Waals surface area contributed by atoms with Crippen molar-refractivity contribution in [2.45, 2.75) is 19.1 Å². The zero-order valence-electron chi connectivity index (χ0n) is 13.0. The Morgan fingerprint density at radius 2 is 2.17 bits per heavy atom. The molecule has 1 aromatic heterocycles. The summed E-state index contributed by atoms with van der Waals surface area (Å²) in [5.74, 6) is 0.154. The third-order valence-corrected chi connectivity index (χ3v) is 4.96. The van der Waals surface area contributed by atoms with E-state index in [0.29, 0.717) is 13.1 Å². The second-order valence-electron chi connectivity index (χ2n) is 5.97. The second kappa shape index (κ2) is 7.73. The fraction of sp³-hybridized carbons (Fsp3) is 0.389. The Bertz CT molecular complexity index is 609. The number of nitrogens with one attached hydrogen (secondary N) is 1. The first-order chi connectivity index (χ1) is 11.2. The van der Waals surface area contributed by atoms with Crippen LogP contribution in [0.2, 0.25) is 0 Å². The van der Waals surface area contributed by atoms with Gasteiger partial charge >= 0.3 is 0 Å². The first kappa shape index (κ1) is 16.2. The molecule has 0 bridgehead atoms. The molecule has 1 aliphatic rings. The van der Waals surface area contributed by atoms with Crippen molar-refractivity contribution in [2.24, 2.45) is 5.92 Å². The van der Waals surface area contributed by atoms with E-state index in [1.807, 2.05) is 47.2 Å². The zero-order valence-corrected chi connectivity index (χ0v) is 13.8. The summed E-state index contributed by atoms with van der Waals surface area (Å²) in [5, 5.41) is 17.6. The molecule has 3 rings (SSSR count). The zero-order chi connectivity index (χ0) is 16.1. The predicted molar refractivity (Wildman–Crippen MR) is 92.1 cm³/mol. The van der Waals surface area contributed by atoms with Crippen LogP contribution in [-0.4, -0.2) is 35.5 Å². The number of aliphatic hydroxyl groups excluding tert-OH is 1. The van der Waals surface area contributed by atoms with Gasteiger partial charge in [-0.05, 0) is 40.9 Å². The Morgan fingerprint density at radius 1 is 1.35 bits per heavy atom. The quantitative estimate of drug-likeness (QED) is 0.855. The smallest absolute Gasteiger partial charge is 0.227 e. The molecule has 5 heteroatoms. The van der Waals surface area contributed by atoms with Crippen molar-refractivity contribution >= 4 is 17.2 Å². The van der Waals surface area contributed by atoms with Crippen LogP contribution in [0.5, 0.6) is 0 Å². The van der Waals surface area contributed by atoms with Crippen LogP contribution < -0.4 is 5.32 Å². The van der Waals surface area contributed by atoms with Gasteiger partial charge in [0.15, 0.2) is 0 Å². The van der Waals surface area contributed by atoms with Gasteiger partial charge in [-0.3, -0.25) is 4.79 Å². The van der Waals surface area contributed by atoms with E-state index in [1.165, 1.54) is 0 Å². The lowest BCUT2D eigenvalue weighted by Crippen LogP contribution is -2.39. The number of hydrogen-bond acceptors (Lipinski definition) is 4. The molecule has 2 heterocycles. The molecule has 1 saturated heterocycles. The van der Waals surface area contributed by atoms with Gasteiger partial charge in [0.2, 0.25) is 5.91 Å². The topological polar surface area (TPSA) is 52.6 Å². The van der Waals surface area contributed by atoms with E-state index in [1.54, 1.807) is 16.2 Å². The molecule has 0 saturated carbocycles. The average Bonchev–Trinajstić information content (AvgIpc) is 3.27. The summed E-state index contributed by atoms with van der Waals surface area (Å²) >= 11 is 1.56. The van der Waals surface area contributed by atoms with E-state index >= 15 is 0 Å². The molecule has 0 radical (unpaired) electrons. The standard InChI is InChI=1S/C18H22N2O2S/c21-17(16-7-9-23-13-16)12-20(11-14-4-2-1-3-5-14)18(22)15-6-8-19-10-15/h1-5,7,9,13,15,17,19,21H,6,8,10-12H2. The molecule has 2 unspecified atom stereocenters. The summed E-state index contributed by atoms with van der Waals surface area (Å²) in [6.07, 6.45) is 0.238. The highest BCUT2D eigenvalue weighted by atomic mass is 32.1. The molecule has 4 nitrogen and oxygen atoms in total. The van der Waals surface area contributed by atoms with E-state index < -0.39 is 6.10 Å². The summed E-state index contributed by atoms with van der Waals surface area (Å²) in [5.41, 5.74) is 1.97. The SMILES string of the molecule is O=C(C1CCNC1)N(Cc1ccccc1)CC(O)c1ccsc1. The molecule has 0 aliphatic carbocycles. The molecule has 1 amide bonds. The molecule has 2 aromatic rings. The molecular formula is C18H22N2O2S. The largest absolute Gasteiger partial charge is 0.387 e. The highest BCUT2D eigenvalue weighted by molar-refractivity contribution is 7.07. The van der Waals surface area contributed by atoms with Gasteiger partial charge in [-0.2, -0.15) is 11.3 Å². The number of amides is 1. The summed E-state index contributed by atoms with van der Waals surface area (Å²) in [6, 6.07) is 11.9. The molecule has 2 atom stereocenters. The summed E-state index contributed by atoms with van der Waals surface area (Å²) in [6.45, 7) is 2.50. The van der Waals surface area contributed by atoms with Gasteiger partial charge in [0.25, 0.3) is 0 Å². The average molecular weight is 330 g/mol. The van der Waals surface area contributed by atoms with Crippen LogP contribution in [0, 0.1) is 5.92 Å². The maximum atomic E-state index is 12.8. The molecule has 1 fully saturated rings. The Kier molecular flexibility index (Phi) is 5.43. The van der Waals surface area contributed by atoms with Crippen LogP contribution in [-0.2, 0) is 11.3 Å². The lowest BCUT2D eigenvalue weighted by Gasteiger charge is -2.27. The van der Waals surface area contributed by atoms with Gasteiger partial charge in [-0.1, -0.05) is 30.3 Å². The van der Waals surface area contributed by atoms with E-state index in [-0.39, 0.29) is 11.8 Å². The molecule has 0 spiro atoms. The molecule has 2 N–H and O–H groups in total. The number of benzene rings is 1. The molecule has 23 heavy (non-hydrogen) atoms. The number of aliphatic hydroxyl groups is 1. The highest BCUT2D eigenvalue weighted by Gasteiger charge is 2.28. The van der Waals surface area contributed by atoms with Gasteiger partial charge in [0.05, 0.1) is 18.6 Å². The fourth-order valence-electron chi connectivity index (χ4n) is 2.94. The van der Waals surface area contributed by atoms with Gasteiger partial charge in [0, 0.05) is 13.1 Å². The van der Waals surface area contributed by atoms with Crippen molar-refractivity contribution in [1.82, 2.24) is 10.2 Å². The second-order valence-corrected chi connectivity index (χ2v) is 6.75. The number of carbonyl (C=O) groups is 1. The minimum absolute atomic E-state index is 0.0217. The first-order valence-corrected chi connectivity index (χ1v) is 8.92. The molecular weight excluding hydrogens is 308 g/mol. The maximum Gasteiger partial charge on any atom is 0.227 e. The summed E-state index contributed by atoms with van der Waals surface area (Å²) in [4.78, 5) is 14.6. The van der Waals surface area contributed by atoms with Crippen LogP contribution in [0.3, 0.4) is 0 Å². The third-order valence-electron chi connectivity index (χ3n) is 4.26. The normalized spacial score (nSPS) is 18.7. The van der Waals surface area contributed by atoms with Crippen molar-refractivity contribution in [2.75, 3.05) is 19.6 Å². The maximum absolute atomic E-state index is 12.8. The van der Waals surface area contributed by atoms with E-state index in [4.69, 9.17) is 0 Å². The summed E-state index contributed by atoms with van der Waals surface area (Å²) < 4.78 is 0. The van der Waals surface area contributed by atoms with E-state index in [2.05, 4.69) is 5.32 Å². The van der Waals surface area contributed by atoms with Gasteiger partial charge in [-0.15, -0.1) is 0 Å². The minimum atomic E-state index is -0.636. The van der Waals surface area contributed by atoms with Crippen molar-refractivity contribution < 1.29 is 9.90 Å². The Hall–Kier alpha value is -1.69. The third kappa shape index (κ3) is 4.19. The van der Waals surface area contributed by atoms with Crippen LogP contribution >= 0.6 is 11.3 Å². The van der Waals surface area contributed by atoms with Crippen LogP contribution in [0.4, 0.5) is 0 Å². The monoisotopic (exact) mass is 330 g/mol. The molecule has 1 aliphatic heterocycles. The van der Waals surface area contributed by atoms with Gasteiger partial charge in [0.1, 0.15) is 0 Å². The Balaban J connectivity index is 1.73. The van der Waals surface area contributed by atoms with Crippen molar-refractivity contribution in [3.8, 4) is 0 Å². The molecule has 122 valence electrons. The minimum Gasteiger partial charge on any atom is -0.387 e. The van der Waals surface area contributed by atoms with Crippen LogP contribution in [0.15, 0.2) is 47.2 Å². The van der Waals surface area contributed by atoms with Gasteiger partial charge < -0.3 is 15.3 Å². The lowest BCUT2D eigenvalue weighted by molar-refractivity contribution is -0.137.